The molecule has 0 fully saturated rings. The summed E-state index contributed by atoms with van der Waals surface area (Å²) in [5.41, 5.74) is 1.13. The lowest BCUT2D eigenvalue weighted by molar-refractivity contribution is 1.47. The third kappa shape index (κ3) is 7.33. The zero-order valence-corrected chi connectivity index (χ0v) is 11.0. The predicted molar refractivity (Wildman–Crippen MR) is 74.4 cm³/mol. The van der Waals surface area contributed by atoms with Crippen LogP contribution in [0.25, 0.3) is 0 Å². The summed E-state index contributed by atoms with van der Waals surface area (Å²) in [5.74, 6) is 0. The van der Waals surface area contributed by atoms with Gasteiger partial charge in [0.1, 0.15) is 0 Å². The Bertz CT molecular complexity index is 310. The minimum Gasteiger partial charge on any atom is -0.130 e. The molecule has 0 aliphatic heterocycles. The SMILES string of the molecule is CCl.Cc1ccccc1Cl.c1ccccc1. The molecule has 0 spiro atoms. The van der Waals surface area contributed by atoms with Gasteiger partial charge in [0.15, 0.2) is 0 Å². The fraction of sp³-hybridized carbons (Fsp3) is 0.143. The van der Waals surface area contributed by atoms with Crippen LogP contribution >= 0.6 is 23.2 Å². The third-order valence-electron chi connectivity index (χ3n) is 1.74. The Labute approximate surface area is 108 Å². The minimum atomic E-state index is 0.840. The first-order valence-electron chi connectivity index (χ1n) is 4.89. The van der Waals surface area contributed by atoms with E-state index in [4.69, 9.17) is 11.6 Å². The Kier molecular flexibility index (Phi) is 9.89. The summed E-state index contributed by atoms with van der Waals surface area (Å²) < 4.78 is 0. The van der Waals surface area contributed by atoms with Crippen molar-refractivity contribution in [3.8, 4) is 0 Å². The fourth-order valence-electron chi connectivity index (χ4n) is 0.936. The van der Waals surface area contributed by atoms with Gasteiger partial charge in [0, 0.05) is 11.4 Å². The number of hydrogen-bond acceptors (Lipinski definition) is 0. The van der Waals surface area contributed by atoms with Gasteiger partial charge in [-0.15, -0.1) is 11.6 Å². The molecule has 0 amide bonds. The van der Waals surface area contributed by atoms with Gasteiger partial charge in [-0.1, -0.05) is 66.2 Å². The molecule has 2 rings (SSSR count). The van der Waals surface area contributed by atoms with Crippen LogP contribution in [0.15, 0.2) is 60.7 Å². The van der Waals surface area contributed by atoms with Crippen LogP contribution in [0.3, 0.4) is 0 Å². The van der Waals surface area contributed by atoms with Gasteiger partial charge in [-0.05, 0) is 18.6 Å². The maximum absolute atomic E-state index is 5.71. The van der Waals surface area contributed by atoms with E-state index in [9.17, 15) is 0 Å². The topological polar surface area (TPSA) is 0 Å². The first-order valence-corrected chi connectivity index (χ1v) is 6.03. The van der Waals surface area contributed by atoms with E-state index in [-0.39, 0.29) is 0 Å². The molecular formula is C14H16Cl2. The highest BCUT2D eigenvalue weighted by atomic mass is 35.5. The number of rotatable bonds is 0. The molecule has 2 aromatic carbocycles. The summed E-state index contributed by atoms with van der Waals surface area (Å²) in [6.45, 7) is 1.99. The number of halogens is 2. The Hall–Kier alpha value is -0.980. The van der Waals surface area contributed by atoms with Crippen molar-refractivity contribution in [2.24, 2.45) is 0 Å². The van der Waals surface area contributed by atoms with Gasteiger partial charge in [-0.2, -0.15) is 0 Å². The highest BCUT2D eigenvalue weighted by Gasteiger charge is 1.86. The van der Waals surface area contributed by atoms with Crippen molar-refractivity contribution in [3.05, 3.63) is 71.2 Å². The van der Waals surface area contributed by atoms with E-state index in [0.717, 1.165) is 10.6 Å². The van der Waals surface area contributed by atoms with Gasteiger partial charge < -0.3 is 0 Å². The van der Waals surface area contributed by atoms with Gasteiger partial charge in [0.25, 0.3) is 0 Å². The largest absolute Gasteiger partial charge is 0.130 e. The molecule has 0 radical (unpaired) electrons. The van der Waals surface area contributed by atoms with E-state index < -0.39 is 0 Å². The molecular weight excluding hydrogens is 239 g/mol. The Morgan fingerprint density at radius 1 is 0.688 bits per heavy atom. The standard InChI is InChI=1S/C7H7Cl.C6H6.CH3Cl/c1-6-4-2-3-5-7(6)8;1-2-4-6-5-3-1;1-2/h2-5H,1H3;1-6H;1H3. The molecule has 2 aromatic rings. The Morgan fingerprint density at radius 3 is 1.31 bits per heavy atom. The lowest BCUT2D eigenvalue weighted by atomic mass is 10.2. The first-order chi connectivity index (χ1) is 7.80. The smallest absolute Gasteiger partial charge is 0.0435 e. The summed E-state index contributed by atoms with van der Waals surface area (Å²) in [7, 11) is 0. The summed E-state index contributed by atoms with van der Waals surface area (Å²) in [6.07, 6.45) is 1.47. The van der Waals surface area contributed by atoms with E-state index in [1.807, 2.05) is 67.6 Å². The maximum Gasteiger partial charge on any atom is 0.0435 e. The molecule has 0 heterocycles. The molecule has 0 aliphatic carbocycles. The van der Waals surface area contributed by atoms with Crippen LogP contribution < -0.4 is 0 Å². The van der Waals surface area contributed by atoms with Crippen molar-refractivity contribution in [2.45, 2.75) is 6.92 Å². The number of aryl methyl sites for hydroxylation is 1. The normalized spacial score (nSPS) is 8.00. The first kappa shape index (κ1) is 15.0. The second-order valence-electron chi connectivity index (χ2n) is 2.90. The number of hydrogen-bond donors (Lipinski definition) is 0. The third-order valence-corrected chi connectivity index (χ3v) is 2.17. The molecule has 0 N–H and O–H groups in total. The van der Waals surface area contributed by atoms with Crippen molar-refractivity contribution in [1.29, 1.82) is 0 Å². The van der Waals surface area contributed by atoms with Gasteiger partial charge in [0.05, 0.1) is 0 Å². The van der Waals surface area contributed by atoms with Crippen LogP contribution in [0.5, 0.6) is 0 Å². The van der Waals surface area contributed by atoms with E-state index in [0.29, 0.717) is 0 Å². The highest BCUT2D eigenvalue weighted by molar-refractivity contribution is 6.31. The lowest BCUT2D eigenvalue weighted by Crippen LogP contribution is -1.68. The van der Waals surface area contributed by atoms with Crippen molar-refractivity contribution in [1.82, 2.24) is 0 Å². The molecule has 0 saturated carbocycles. The fourth-order valence-corrected chi connectivity index (χ4v) is 1.07. The maximum atomic E-state index is 5.71. The van der Waals surface area contributed by atoms with Gasteiger partial charge in [-0.25, -0.2) is 0 Å². The summed E-state index contributed by atoms with van der Waals surface area (Å²) in [4.78, 5) is 0. The van der Waals surface area contributed by atoms with E-state index in [2.05, 4.69) is 11.6 Å². The van der Waals surface area contributed by atoms with Crippen LogP contribution in [-0.2, 0) is 0 Å². The molecule has 2 heteroatoms. The van der Waals surface area contributed by atoms with Crippen LogP contribution in [0.1, 0.15) is 5.56 Å². The predicted octanol–water partition coefficient (Wildman–Crippen LogP) is 5.19. The van der Waals surface area contributed by atoms with Crippen LogP contribution in [0, 0.1) is 6.92 Å². The lowest BCUT2D eigenvalue weighted by Gasteiger charge is -1.90. The van der Waals surface area contributed by atoms with Gasteiger partial charge in [-0.3, -0.25) is 0 Å². The molecule has 0 aliphatic rings. The van der Waals surface area contributed by atoms with Crippen molar-refractivity contribution < 1.29 is 0 Å². The van der Waals surface area contributed by atoms with E-state index in [1.165, 1.54) is 6.38 Å². The number of benzene rings is 2. The summed E-state index contributed by atoms with van der Waals surface area (Å²) in [6, 6.07) is 19.8. The van der Waals surface area contributed by atoms with Gasteiger partial charge in [0.2, 0.25) is 0 Å². The summed E-state index contributed by atoms with van der Waals surface area (Å²) >= 11 is 10.3. The average molecular weight is 255 g/mol. The molecule has 0 unspecified atom stereocenters. The second kappa shape index (κ2) is 10.5. The Morgan fingerprint density at radius 2 is 1.06 bits per heavy atom. The minimum absolute atomic E-state index is 0.840. The zero-order chi connectivity index (χ0) is 12.2. The second-order valence-corrected chi connectivity index (χ2v) is 3.31. The molecule has 0 nitrogen and oxygen atoms in total. The Balaban J connectivity index is 0.000000251. The zero-order valence-electron chi connectivity index (χ0n) is 9.53. The van der Waals surface area contributed by atoms with Crippen LogP contribution in [0.2, 0.25) is 5.02 Å². The molecule has 0 atom stereocenters. The van der Waals surface area contributed by atoms with E-state index >= 15 is 0 Å². The van der Waals surface area contributed by atoms with Crippen LogP contribution in [-0.4, -0.2) is 6.38 Å². The molecule has 0 bridgehead atoms. The summed E-state index contributed by atoms with van der Waals surface area (Å²) in [5, 5.41) is 0.840. The number of alkyl halides is 1. The van der Waals surface area contributed by atoms with E-state index in [1.54, 1.807) is 0 Å². The van der Waals surface area contributed by atoms with Crippen molar-refractivity contribution in [3.63, 3.8) is 0 Å². The molecule has 0 aromatic heterocycles. The molecule has 16 heavy (non-hydrogen) atoms. The quantitative estimate of drug-likeness (QED) is 0.568. The van der Waals surface area contributed by atoms with Crippen molar-refractivity contribution in [2.75, 3.05) is 6.38 Å². The average Bonchev–Trinajstić information content (AvgIpc) is 2.38. The van der Waals surface area contributed by atoms with Crippen molar-refractivity contribution >= 4 is 23.2 Å². The van der Waals surface area contributed by atoms with Crippen LogP contribution in [0.4, 0.5) is 0 Å². The molecule has 86 valence electrons. The van der Waals surface area contributed by atoms with Gasteiger partial charge >= 0.3 is 0 Å². The highest BCUT2D eigenvalue weighted by Crippen LogP contribution is 2.11. The molecule has 0 saturated heterocycles. The monoisotopic (exact) mass is 254 g/mol.